The zero-order chi connectivity index (χ0) is 12.4. The van der Waals surface area contributed by atoms with Gasteiger partial charge >= 0.3 is 0 Å². The summed E-state index contributed by atoms with van der Waals surface area (Å²) in [5, 5.41) is 0. The van der Waals surface area contributed by atoms with E-state index in [1.165, 1.54) is 5.76 Å². The Balaban J connectivity index is 2.59. The fraction of sp³-hybridized carbons (Fsp3) is 0.714. The van der Waals surface area contributed by atoms with Crippen molar-refractivity contribution in [3.8, 4) is 11.8 Å². The largest absolute Gasteiger partial charge is 0.548 e. The van der Waals surface area contributed by atoms with Gasteiger partial charge in [-0.25, -0.2) is 0 Å². The average molecular weight is 236 g/mol. The highest BCUT2D eigenvalue weighted by Crippen LogP contribution is 2.27. The van der Waals surface area contributed by atoms with Crippen molar-refractivity contribution < 1.29 is 4.43 Å². The van der Waals surface area contributed by atoms with E-state index < -0.39 is 8.32 Å². The van der Waals surface area contributed by atoms with Crippen molar-refractivity contribution in [1.82, 2.24) is 0 Å². The molecule has 2 heteroatoms. The van der Waals surface area contributed by atoms with Crippen LogP contribution in [0.3, 0.4) is 0 Å². The van der Waals surface area contributed by atoms with Gasteiger partial charge < -0.3 is 4.43 Å². The fourth-order valence-electron chi connectivity index (χ4n) is 1.59. The van der Waals surface area contributed by atoms with Crippen LogP contribution in [0.1, 0.15) is 33.6 Å². The quantitative estimate of drug-likeness (QED) is 0.516. The van der Waals surface area contributed by atoms with Gasteiger partial charge in [0.15, 0.2) is 0 Å². The lowest BCUT2D eigenvalue weighted by atomic mass is 9.96. The Morgan fingerprint density at radius 3 is 2.44 bits per heavy atom. The van der Waals surface area contributed by atoms with Crippen molar-refractivity contribution in [3.63, 3.8) is 0 Å². The summed E-state index contributed by atoms with van der Waals surface area (Å²) < 4.78 is 5.99. The maximum absolute atomic E-state index is 5.99. The van der Waals surface area contributed by atoms with Gasteiger partial charge in [-0.2, -0.15) is 0 Å². The van der Waals surface area contributed by atoms with Gasteiger partial charge in [0.05, 0.1) is 5.76 Å². The van der Waals surface area contributed by atoms with Gasteiger partial charge in [-0.3, -0.25) is 0 Å². The molecule has 0 saturated carbocycles. The van der Waals surface area contributed by atoms with E-state index in [0.29, 0.717) is 5.92 Å². The first-order valence-electron chi connectivity index (χ1n) is 6.08. The second kappa shape index (κ2) is 4.67. The number of rotatable bonds is 2. The lowest BCUT2D eigenvalue weighted by Crippen LogP contribution is -2.24. The molecule has 0 amide bonds. The van der Waals surface area contributed by atoms with Crippen molar-refractivity contribution in [2.45, 2.75) is 53.3 Å². The molecule has 0 fully saturated rings. The van der Waals surface area contributed by atoms with Crippen LogP contribution in [0.5, 0.6) is 0 Å². The predicted molar refractivity (Wildman–Crippen MR) is 72.5 cm³/mol. The zero-order valence-electron chi connectivity index (χ0n) is 11.5. The second-order valence-electron chi connectivity index (χ2n) is 6.51. The van der Waals surface area contributed by atoms with Crippen LogP contribution in [0, 0.1) is 23.2 Å². The summed E-state index contributed by atoms with van der Waals surface area (Å²) in [7, 11) is -1.43. The van der Waals surface area contributed by atoms with E-state index in [4.69, 9.17) is 4.43 Å². The first-order chi connectivity index (χ1) is 7.16. The van der Waals surface area contributed by atoms with Gasteiger partial charge in [0.2, 0.25) is 8.32 Å². The molecule has 1 nitrogen and oxygen atoms in total. The summed E-state index contributed by atoms with van der Waals surface area (Å²) in [6.45, 7) is 13.1. The van der Waals surface area contributed by atoms with Crippen LogP contribution in [0.25, 0.3) is 0 Å². The molecule has 90 valence electrons. The molecule has 0 aromatic rings. The van der Waals surface area contributed by atoms with Crippen molar-refractivity contribution >= 4 is 8.32 Å². The molecule has 1 aliphatic carbocycles. The summed E-state index contributed by atoms with van der Waals surface area (Å²) >= 11 is 0. The molecule has 0 aromatic carbocycles. The van der Waals surface area contributed by atoms with Gasteiger partial charge in [0.1, 0.15) is 0 Å². The highest BCUT2D eigenvalue weighted by molar-refractivity contribution is 6.70. The molecule has 0 spiro atoms. The van der Waals surface area contributed by atoms with E-state index in [1.54, 1.807) is 0 Å². The van der Waals surface area contributed by atoms with Gasteiger partial charge in [-0.05, 0) is 52.9 Å². The molecule has 1 rings (SSSR count). The van der Waals surface area contributed by atoms with Gasteiger partial charge in [-0.15, -0.1) is 0 Å². The van der Waals surface area contributed by atoms with Gasteiger partial charge in [0, 0.05) is 17.8 Å². The van der Waals surface area contributed by atoms with Crippen molar-refractivity contribution in [2.75, 3.05) is 0 Å². The summed E-state index contributed by atoms with van der Waals surface area (Å²) in [5.41, 5.74) is 0.107. The standard InChI is InChI=1S/C14H24OSi/c1-14(2,3)10-9-12-7-8-13(11-12)15-16(4,5)6/h11-12H,7-8H2,1-6H3. The van der Waals surface area contributed by atoms with Crippen LogP contribution in [-0.4, -0.2) is 8.32 Å². The van der Waals surface area contributed by atoms with Crippen LogP contribution in [0.4, 0.5) is 0 Å². The molecule has 0 heterocycles. The third kappa shape index (κ3) is 5.41. The first kappa shape index (κ1) is 13.4. The third-order valence-corrected chi connectivity index (χ3v) is 3.03. The summed E-state index contributed by atoms with van der Waals surface area (Å²) in [6, 6.07) is 0. The molecule has 0 aromatic heterocycles. The summed E-state index contributed by atoms with van der Waals surface area (Å²) in [5.74, 6) is 8.24. The minimum atomic E-state index is -1.43. The lowest BCUT2D eigenvalue weighted by molar-refractivity contribution is 0.408. The Kier molecular flexibility index (Phi) is 3.91. The van der Waals surface area contributed by atoms with E-state index in [9.17, 15) is 0 Å². The molecule has 1 atom stereocenters. The Hall–Kier alpha value is -0.683. The van der Waals surface area contributed by atoms with E-state index in [2.05, 4.69) is 58.3 Å². The molecule has 0 aliphatic heterocycles. The molecule has 1 aliphatic rings. The lowest BCUT2D eigenvalue weighted by Gasteiger charge is -2.19. The Morgan fingerprint density at radius 1 is 1.31 bits per heavy atom. The van der Waals surface area contributed by atoms with Gasteiger partial charge in [-0.1, -0.05) is 11.8 Å². The van der Waals surface area contributed by atoms with E-state index in [1.807, 2.05) is 0 Å². The highest BCUT2D eigenvalue weighted by Gasteiger charge is 2.22. The predicted octanol–water partition coefficient (Wildman–Crippen LogP) is 4.18. The van der Waals surface area contributed by atoms with Crippen LogP contribution in [0.2, 0.25) is 19.6 Å². The Morgan fingerprint density at radius 2 is 1.94 bits per heavy atom. The maximum atomic E-state index is 5.99. The topological polar surface area (TPSA) is 9.23 Å². The minimum absolute atomic E-state index is 0.107. The SMILES string of the molecule is CC(C)(C)C#CC1C=C(O[Si](C)(C)C)CC1. The van der Waals surface area contributed by atoms with Crippen molar-refractivity contribution in [1.29, 1.82) is 0 Å². The summed E-state index contributed by atoms with van der Waals surface area (Å²) in [4.78, 5) is 0. The van der Waals surface area contributed by atoms with E-state index >= 15 is 0 Å². The van der Waals surface area contributed by atoms with Crippen LogP contribution >= 0.6 is 0 Å². The average Bonchev–Trinajstić information content (AvgIpc) is 2.44. The van der Waals surface area contributed by atoms with E-state index in [-0.39, 0.29) is 5.41 Å². The smallest absolute Gasteiger partial charge is 0.241 e. The summed E-state index contributed by atoms with van der Waals surface area (Å²) in [6.07, 6.45) is 4.41. The Labute approximate surface area is 101 Å². The van der Waals surface area contributed by atoms with Crippen molar-refractivity contribution in [3.05, 3.63) is 11.8 Å². The maximum Gasteiger partial charge on any atom is 0.241 e. The fourth-order valence-corrected chi connectivity index (χ4v) is 2.55. The van der Waals surface area contributed by atoms with Crippen molar-refractivity contribution in [2.24, 2.45) is 11.3 Å². The molecule has 1 unspecified atom stereocenters. The Bertz CT molecular complexity index is 330. The normalized spacial score (nSPS) is 21.1. The third-order valence-electron chi connectivity index (χ3n) is 2.16. The minimum Gasteiger partial charge on any atom is -0.548 e. The molecular formula is C14H24OSi. The van der Waals surface area contributed by atoms with E-state index in [0.717, 1.165) is 12.8 Å². The molecule has 0 saturated heterocycles. The second-order valence-corrected chi connectivity index (χ2v) is 10.9. The molecule has 0 radical (unpaired) electrons. The molecular weight excluding hydrogens is 212 g/mol. The highest BCUT2D eigenvalue weighted by atomic mass is 28.4. The molecule has 0 N–H and O–H groups in total. The zero-order valence-corrected chi connectivity index (χ0v) is 12.5. The number of hydrogen-bond acceptors (Lipinski definition) is 1. The van der Waals surface area contributed by atoms with Gasteiger partial charge in [0.25, 0.3) is 0 Å². The first-order valence-corrected chi connectivity index (χ1v) is 9.49. The monoisotopic (exact) mass is 236 g/mol. The molecule has 16 heavy (non-hydrogen) atoms. The van der Waals surface area contributed by atoms with Crippen LogP contribution < -0.4 is 0 Å². The number of hydrogen-bond donors (Lipinski definition) is 0. The van der Waals surface area contributed by atoms with Crippen LogP contribution in [-0.2, 0) is 4.43 Å². The molecule has 0 bridgehead atoms. The van der Waals surface area contributed by atoms with Crippen LogP contribution in [0.15, 0.2) is 11.8 Å². The number of allylic oxidation sites excluding steroid dienone is 2.